The van der Waals surface area contributed by atoms with Crippen molar-refractivity contribution >= 4 is 17.6 Å². The Kier molecular flexibility index (Phi) is 5.63. The summed E-state index contributed by atoms with van der Waals surface area (Å²) in [4.78, 5) is 23.6. The summed E-state index contributed by atoms with van der Waals surface area (Å²) in [6.07, 6.45) is 0. The van der Waals surface area contributed by atoms with Crippen molar-refractivity contribution in [3.8, 4) is 5.75 Å². The minimum absolute atomic E-state index is 0.161. The van der Waals surface area contributed by atoms with Gasteiger partial charge in [-0.3, -0.25) is 4.79 Å². The molecule has 0 aromatic heterocycles. The minimum Gasteiger partial charge on any atom is -0.496 e. The van der Waals surface area contributed by atoms with Crippen LogP contribution in [0.15, 0.2) is 30.3 Å². The number of hydrogen-bond donors (Lipinski definition) is 1. The van der Waals surface area contributed by atoms with Gasteiger partial charge < -0.3 is 14.8 Å². The number of hydrogen-bond acceptors (Lipinski definition) is 4. The van der Waals surface area contributed by atoms with E-state index in [0.29, 0.717) is 11.8 Å². The number of rotatable bonds is 5. The summed E-state index contributed by atoms with van der Waals surface area (Å²) in [5, 5.41) is 1.99. The molecule has 132 valence electrons. The second-order valence-corrected chi connectivity index (χ2v) is 5.03. The van der Waals surface area contributed by atoms with Crippen LogP contribution < -0.4 is 10.1 Å². The predicted molar refractivity (Wildman–Crippen MR) is 83.0 cm³/mol. The van der Waals surface area contributed by atoms with Gasteiger partial charge in [-0.05, 0) is 36.8 Å². The van der Waals surface area contributed by atoms with E-state index in [0.717, 1.165) is 11.6 Å². The second-order valence-electron chi connectivity index (χ2n) is 5.03. The standard InChI is InChI=1S/C17H14F3NO4/c1-9-3-4-10(7-13(9)24-2)17(23)25-8-14(22)21-12-6-5-11(18)15(19)16(12)20/h3-7H,8H2,1-2H3,(H,21,22). The van der Waals surface area contributed by atoms with Crippen molar-refractivity contribution in [2.24, 2.45) is 0 Å². The lowest BCUT2D eigenvalue weighted by Gasteiger charge is -2.09. The van der Waals surface area contributed by atoms with Gasteiger partial charge in [-0.1, -0.05) is 6.07 Å². The van der Waals surface area contributed by atoms with Crippen LogP contribution >= 0.6 is 0 Å². The highest BCUT2D eigenvalue weighted by Gasteiger charge is 2.17. The molecule has 0 heterocycles. The van der Waals surface area contributed by atoms with Gasteiger partial charge in [0, 0.05) is 0 Å². The molecule has 25 heavy (non-hydrogen) atoms. The predicted octanol–water partition coefficient (Wildman–Crippen LogP) is 3.22. The third-order valence-electron chi connectivity index (χ3n) is 3.29. The molecule has 0 aliphatic heterocycles. The quantitative estimate of drug-likeness (QED) is 0.662. The number of carbonyl (C=O) groups excluding carboxylic acids is 2. The largest absolute Gasteiger partial charge is 0.496 e. The van der Waals surface area contributed by atoms with Crippen molar-refractivity contribution < 1.29 is 32.2 Å². The first-order valence-corrected chi connectivity index (χ1v) is 7.08. The van der Waals surface area contributed by atoms with Crippen molar-refractivity contribution in [1.29, 1.82) is 0 Å². The van der Waals surface area contributed by atoms with Crippen molar-refractivity contribution in [2.75, 3.05) is 19.0 Å². The molecular formula is C17H14F3NO4. The zero-order chi connectivity index (χ0) is 18.6. The lowest BCUT2D eigenvalue weighted by Crippen LogP contribution is -2.21. The molecule has 2 aromatic carbocycles. The molecule has 0 bridgehead atoms. The smallest absolute Gasteiger partial charge is 0.338 e. The lowest BCUT2D eigenvalue weighted by molar-refractivity contribution is -0.119. The molecule has 0 saturated heterocycles. The van der Waals surface area contributed by atoms with Crippen LogP contribution in [-0.4, -0.2) is 25.6 Å². The Bertz CT molecular complexity index is 824. The van der Waals surface area contributed by atoms with E-state index in [1.54, 1.807) is 13.0 Å². The summed E-state index contributed by atoms with van der Waals surface area (Å²) in [5.74, 6) is -5.85. The highest BCUT2D eigenvalue weighted by Crippen LogP contribution is 2.20. The van der Waals surface area contributed by atoms with Gasteiger partial charge >= 0.3 is 5.97 Å². The molecule has 0 spiro atoms. The van der Waals surface area contributed by atoms with E-state index in [2.05, 4.69) is 0 Å². The summed E-state index contributed by atoms with van der Waals surface area (Å²) in [7, 11) is 1.45. The molecule has 0 saturated carbocycles. The monoisotopic (exact) mass is 353 g/mol. The Morgan fingerprint density at radius 1 is 1.08 bits per heavy atom. The summed E-state index contributed by atoms with van der Waals surface area (Å²) >= 11 is 0. The van der Waals surface area contributed by atoms with Gasteiger partial charge in [-0.25, -0.2) is 18.0 Å². The number of halogens is 3. The molecule has 8 heteroatoms. The van der Waals surface area contributed by atoms with E-state index in [1.807, 2.05) is 5.32 Å². The van der Waals surface area contributed by atoms with Crippen LogP contribution in [0.25, 0.3) is 0 Å². The molecule has 0 unspecified atom stereocenters. The molecule has 2 aromatic rings. The van der Waals surface area contributed by atoms with Crippen LogP contribution in [0, 0.1) is 24.4 Å². The summed E-state index contributed by atoms with van der Waals surface area (Å²) in [6, 6.07) is 6.11. The molecular weight excluding hydrogens is 339 g/mol. The van der Waals surface area contributed by atoms with Crippen LogP contribution in [0.4, 0.5) is 18.9 Å². The van der Waals surface area contributed by atoms with E-state index in [4.69, 9.17) is 9.47 Å². The maximum atomic E-state index is 13.5. The molecule has 5 nitrogen and oxygen atoms in total. The third-order valence-corrected chi connectivity index (χ3v) is 3.29. The molecule has 0 aliphatic rings. The fourth-order valence-corrected chi connectivity index (χ4v) is 1.97. The zero-order valence-electron chi connectivity index (χ0n) is 13.4. The van der Waals surface area contributed by atoms with Crippen molar-refractivity contribution in [3.05, 3.63) is 58.9 Å². The van der Waals surface area contributed by atoms with Gasteiger partial charge in [0.2, 0.25) is 0 Å². The van der Waals surface area contributed by atoms with Gasteiger partial charge in [0.25, 0.3) is 5.91 Å². The average Bonchev–Trinajstić information content (AvgIpc) is 2.60. The SMILES string of the molecule is COc1cc(C(=O)OCC(=O)Nc2ccc(F)c(F)c2F)ccc1C. The number of methoxy groups -OCH3 is 1. The Labute approximate surface area is 141 Å². The van der Waals surface area contributed by atoms with E-state index >= 15 is 0 Å². The number of esters is 1. The lowest BCUT2D eigenvalue weighted by atomic mass is 10.1. The molecule has 1 N–H and O–H groups in total. The topological polar surface area (TPSA) is 64.6 Å². The molecule has 0 radical (unpaired) electrons. The van der Waals surface area contributed by atoms with Crippen LogP contribution in [-0.2, 0) is 9.53 Å². The minimum atomic E-state index is -1.71. The van der Waals surface area contributed by atoms with Gasteiger partial charge in [-0.15, -0.1) is 0 Å². The Morgan fingerprint density at radius 3 is 2.48 bits per heavy atom. The van der Waals surface area contributed by atoms with Gasteiger partial charge in [0.05, 0.1) is 18.4 Å². The first-order valence-electron chi connectivity index (χ1n) is 7.08. The Morgan fingerprint density at radius 2 is 1.80 bits per heavy atom. The Hall–Kier alpha value is -3.03. The fraction of sp³-hybridized carbons (Fsp3) is 0.176. The van der Waals surface area contributed by atoms with Crippen molar-refractivity contribution in [1.82, 2.24) is 0 Å². The van der Waals surface area contributed by atoms with E-state index < -0.39 is 41.6 Å². The number of benzene rings is 2. The highest BCUT2D eigenvalue weighted by atomic mass is 19.2. The molecule has 1 amide bonds. The van der Waals surface area contributed by atoms with Crippen molar-refractivity contribution in [2.45, 2.75) is 6.92 Å². The number of aryl methyl sites for hydroxylation is 1. The van der Waals surface area contributed by atoms with Gasteiger partial charge in [0.1, 0.15) is 5.75 Å². The molecule has 2 rings (SSSR count). The number of anilines is 1. The summed E-state index contributed by atoms with van der Waals surface area (Å²) in [5.41, 5.74) is 0.414. The third kappa shape index (κ3) is 4.28. The average molecular weight is 353 g/mol. The normalized spacial score (nSPS) is 10.3. The van der Waals surface area contributed by atoms with Gasteiger partial charge in [0.15, 0.2) is 24.1 Å². The number of amides is 1. The van der Waals surface area contributed by atoms with E-state index in [1.165, 1.54) is 19.2 Å². The van der Waals surface area contributed by atoms with Crippen LogP contribution in [0.1, 0.15) is 15.9 Å². The number of carbonyl (C=O) groups is 2. The molecule has 0 fully saturated rings. The van der Waals surface area contributed by atoms with E-state index in [-0.39, 0.29) is 5.56 Å². The number of nitrogens with one attached hydrogen (secondary N) is 1. The molecule has 0 aliphatic carbocycles. The fourth-order valence-electron chi connectivity index (χ4n) is 1.97. The van der Waals surface area contributed by atoms with Crippen LogP contribution in [0.2, 0.25) is 0 Å². The Balaban J connectivity index is 1.98. The maximum absolute atomic E-state index is 13.5. The first kappa shape index (κ1) is 18.3. The maximum Gasteiger partial charge on any atom is 0.338 e. The van der Waals surface area contributed by atoms with E-state index in [9.17, 15) is 22.8 Å². The van der Waals surface area contributed by atoms with Crippen molar-refractivity contribution in [3.63, 3.8) is 0 Å². The summed E-state index contributed by atoms with van der Waals surface area (Å²) < 4.78 is 49.2. The van der Waals surface area contributed by atoms with Gasteiger partial charge in [-0.2, -0.15) is 0 Å². The zero-order valence-corrected chi connectivity index (χ0v) is 13.4. The van der Waals surface area contributed by atoms with Crippen LogP contribution in [0.5, 0.6) is 5.75 Å². The second kappa shape index (κ2) is 7.69. The summed E-state index contributed by atoms with van der Waals surface area (Å²) in [6.45, 7) is 1.06. The highest BCUT2D eigenvalue weighted by molar-refractivity contribution is 5.95. The molecule has 0 atom stereocenters. The van der Waals surface area contributed by atoms with Crippen LogP contribution in [0.3, 0.4) is 0 Å². The number of ether oxygens (including phenoxy) is 2. The first-order chi connectivity index (χ1) is 11.8.